The molecule has 3 rings (SSSR count). The third-order valence-corrected chi connectivity index (χ3v) is 7.76. The van der Waals surface area contributed by atoms with Gasteiger partial charge in [0.1, 0.15) is 4.90 Å². The third-order valence-electron chi connectivity index (χ3n) is 4.90. The lowest BCUT2D eigenvalue weighted by Gasteiger charge is -2.31. The van der Waals surface area contributed by atoms with Crippen LogP contribution in [0, 0.1) is 5.92 Å². The third kappa shape index (κ3) is 4.80. The van der Waals surface area contributed by atoms with Gasteiger partial charge in [-0.2, -0.15) is 4.31 Å². The molecule has 1 aliphatic heterocycles. The first kappa shape index (κ1) is 21.8. The van der Waals surface area contributed by atoms with Gasteiger partial charge in [0.15, 0.2) is 5.78 Å². The molecule has 0 aliphatic carbocycles. The molecule has 1 amide bonds. The maximum Gasteiger partial charge on any atom is 0.246 e. The summed E-state index contributed by atoms with van der Waals surface area (Å²) in [7, 11) is -3.84. The number of sulfonamides is 1. The zero-order valence-corrected chi connectivity index (χ0v) is 18.0. The van der Waals surface area contributed by atoms with Crippen molar-refractivity contribution in [3.63, 3.8) is 0 Å². The van der Waals surface area contributed by atoms with Crippen molar-refractivity contribution in [3.05, 3.63) is 58.1 Å². The molecule has 154 valence electrons. The maximum absolute atomic E-state index is 12.9. The number of carbonyl (C=O) groups excluding carboxylic acids is 2. The topological polar surface area (TPSA) is 83.6 Å². The van der Waals surface area contributed by atoms with Crippen molar-refractivity contribution in [3.8, 4) is 0 Å². The SMILES string of the molecule is CC(=O)c1ccc(NC(=O)C2CCN(S(=O)(=O)c3c(Cl)cccc3Cl)CC2)cc1. The molecule has 1 aliphatic rings. The molecule has 0 spiro atoms. The van der Waals surface area contributed by atoms with Crippen LogP contribution in [0.15, 0.2) is 47.4 Å². The average molecular weight is 455 g/mol. The van der Waals surface area contributed by atoms with E-state index in [0.29, 0.717) is 24.1 Å². The van der Waals surface area contributed by atoms with E-state index in [2.05, 4.69) is 5.32 Å². The van der Waals surface area contributed by atoms with Crippen LogP contribution >= 0.6 is 23.2 Å². The van der Waals surface area contributed by atoms with E-state index >= 15 is 0 Å². The highest BCUT2D eigenvalue weighted by atomic mass is 35.5. The lowest BCUT2D eigenvalue weighted by Crippen LogP contribution is -2.41. The van der Waals surface area contributed by atoms with Gasteiger partial charge in [-0.15, -0.1) is 0 Å². The summed E-state index contributed by atoms with van der Waals surface area (Å²) in [5.41, 5.74) is 1.16. The smallest absolute Gasteiger partial charge is 0.246 e. The van der Waals surface area contributed by atoms with E-state index in [9.17, 15) is 18.0 Å². The minimum atomic E-state index is -3.84. The molecule has 2 aromatic carbocycles. The fourth-order valence-electron chi connectivity index (χ4n) is 3.25. The van der Waals surface area contributed by atoms with Crippen LogP contribution in [0.3, 0.4) is 0 Å². The number of benzene rings is 2. The summed E-state index contributed by atoms with van der Waals surface area (Å²) in [5, 5.41) is 2.97. The van der Waals surface area contributed by atoms with Crippen LogP contribution in [0.4, 0.5) is 5.69 Å². The van der Waals surface area contributed by atoms with E-state index in [4.69, 9.17) is 23.2 Å². The largest absolute Gasteiger partial charge is 0.326 e. The molecule has 0 bridgehead atoms. The first-order valence-corrected chi connectivity index (χ1v) is 11.3. The zero-order valence-electron chi connectivity index (χ0n) is 15.7. The second kappa shape index (κ2) is 8.83. The van der Waals surface area contributed by atoms with Gasteiger partial charge in [-0.3, -0.25) is 9.59 Å². The highest BCUT2D eigenvalue weighted by molar-refractivity contribution is 7.89. The molecule has 9 heteroatoms. The van der Waals surface area contributed by atoms with Gasteiger partial charge in [0.25, 0.3) is 0 Å². The predicted molar refractivity (Wildman–Crippen MR) is 113 cm³/mol. The van der Waals surface area contributed by atoms with Gasteiger partial charge in [-0.05, 0) is 56.2 Å². The second-order valence-corrected chi connectivity index (χ2v) is 9.54. The monoisotopic (exact) mass is 454 g/mol. The minimum absolute atomic E-state index is 0.0462. The Bertz CT molecular complexity index is 1010. The quantitative estimate of drug-likeness (QED) is 0.684. The summed E-state index contributed by atoms with van der Waals surface area (Å²) in [4.78, 5) is 23.8. The van der Waals surface area contributed by atoms with E-state index in [0.717, 1.165) is 0 Å². The number of carbonyl (C=O) groups is 2. The van der Waals surface area contributed by atoms with Crippen molar-refractivity contribution in [2.45, 2.75) is 24.7 Å². The number of halogens is 2. The Kier molecular flexibility index (Phi) is 6.63. The van der Waals surface area contributed by atoms with Crippen molar-refractivity contribution in [1.82, 2.24) is 4.31 Å². The van der Waals surface area contributed by atoms with Crippen LogP contribution in [-0.4, -0.2) is 37.5 Å². The highest BCUT2D eigenvalue weighted by Gasteiger charge is 2.34. The number of anilines is 1. The normalized spacial score (nSPS) is 15.8. The number of Topliss-reactive ketones (excluding diaryl/α,β-unsaturated/α-hetero) is 1. The van der Waals surface area contributed by atoms with Gasteiger partial charge >= 0.3 is 0 Å². The Morgan fingerprint density at radius 2 is 1.55 bits per heavy atom. The standard InChI is InChI=1S/C20H20Cl2N2O4S/c1-13(25)14-5-7-16(8-6-14)23-20(26)15-9-11-24(12-10-15)29(27,28)19-17(21)3-2-4-18(19)22/h2-8,15H,9-12H2,1H3,(H,23,26). The first-order chi connectivity index (χ1) is 13.7. The van der Waals surface area contributed by atoms with Crippen molar-refractivity contribution in [2.24, 2.45) is 5.92 Å². The van der Waals surface area contributed by atoms with Gasteiger partial charge in [0.05, 0.1) is 10.0 Å². The summed E-state index contributed by atoms with van der Waals surface area (Å²) >= 11 is 12.1. The van der Waals surface area contributed by atoms with Crippen LogP contribution in [0.2, 0.25) is 10.0 Å². The lowest BCUT2D eigenvalue weighted by molar-refractivity contribution is -0.120. The Morgan fingerprint density at radius 1 is 1.00 bits per heavy atom. The Hall–Kier alpha value is -1.93. The molecular formula is C20H20Cl2N2O4S. The molecule has 29 heavy (non-hydrogen) atoms. The zero-order chi connectivity index (χ0) is 21.2. The van der Waals surface area contributed by atoms with Crippen LogP contribution < -0.4 is 5.32 Å². The molecule has 1 fully saturated rings. The maximum atomic E-state index is 12.9. The number of rotatable bonds is 5. The van der Waals surface area contributed by atoms with E-state index in [1.165, 1.54) is 23.4 Å². The van der Waals surface area contributed by atoms with E-state index in [1.54, 1.807) is 30.3 Å². The molecule has 1 heterocycles. The fraction of sp³-hybridized carbons (Fsp3) is 0.300. The van der Waals surface area contributed by atoms with E-state index in [1.807, 2.05) is 0 Å². The second-order valence-electron chi connectivity index (χ2n) is 6.85. The van der Waals surface area contributed by atoms with Crippen LogP contribution in [0.25, 0.3) is 0 Å². The molecule has 1 N–H and O–H groups in total. The first-order valence-electron chi connectivity index (χ1n) is 9.06. The number of ketones is 1. The Morgan fingerprint density at radius 3 is 2.07 bits per heavy atom. The van der Waals surface area contributed by atoms with Crippen molar-refractivity contribution >= 4 is 50.6 Å². The molecule has 0 atom stereocenters. The molecule has 0 radical (unpaired) electrons. The molecule has 6 nitrogen and oxygen atoms in total. The number of nitrogens with one attached hydrogen (secondary N) is 1. The number of hydrogen-bond acceptors (Lipinski definition) is 4. The van der Waals surface area contributed by atoms with Crippen LogP contribution in [0.5, 0.6) is 0 Å². The molecule has 0 aromatic heterocycles. The summed E-state index contributed by atoms with van der Waals surface area (Å²) in [6.07, 6.45) is 0.775. The van der Waals surface area contributed by atoms with Crippen LogP contribution in [0.1, 0.15) is 30.1 Å². The summed E-state index contributed by atoms with van der Waals surface area (Å²) in [5.74, 6) is -0.529. The number of piperidine rings is 1. The summed E-state index contributed by atoms with van der Waals surface area (Å²) in [6.45, 7) is 1.88. The highest BCUT2D eigenvalue weighted by Crippen LogP contribution is 2.33. The van der Waals surface area contributed by atoms with Gasteiger partial charge in [0, 0.05) is 30.3 Å². The van der Waals surface area contributed by atoms with Gasteiger partial charge in [0.2, 0.25) is 15.9 Å². The average Bonchev–Trinajstić information content (AvgIpc) is 2.68. The Labute approximate surface area is 179 Å². The van der Waals surface area contributed by atoms with Gasteiger partial charge in [-0.1, -0.05) is 29.3 Å². The number of amides is 1. The predicted octanol–water partition coefficient (Wildman–Crippen LogP) is 4.24. The van der Waals surface area contributed by atoms with E-state index in [-0.39, 0.29) is 45.6 Å². The Balaban J connectivity index is 1.64. The van der Waals surface area contributed by atoms with Crippen molar-refractivity contribution in [2.75, 3.05) is 18.4 Å². The fourth-order valence-corrected chi connectivity index (χ4v) is 5.81. The molecule has 0 unspecified atom stereocenters. The molecule has 2 aromatic rings. The van der Waals surface area contributed by atoms with Crippen LogP contribution in [-0.2, 0) is 14.8 Å². The van der Waals surface area contributed by atoms with Gasteiger partial charge in [-0.25, -0.2) is 8.42 Å². The molecular weight excluding hydrogens is 435 g/mol. The van der Waals surface area contributed by atoms with Crippen molar-refractivity contribution in [1.29, 1.82) is 0 Å². The minimum Gasteiger partial charge on any atom is -0.326 e. The summed E-state index contributed by atoms with van der Waals surface area (Å²) < 4.78 is 27.1. The molecule has 0 saturated carbocycles. The number of hydrogen-bond donors (Lipinski definition) is 1. The lowest BCUT2D eigenvalue weighted by atomic mass is 9.97. The van der Waals surface area contributed by atoms with Crippen molar-refractivity contribution < 1.29 is 18.0 Å². The van der Waals surface area contributed by atoms with E-state index < -0.39 is 10.0 Å². The number of nitrogens with zero attached hydrogens (tertiary/aromatic N) is 1. The summed E-state index contributed by atoms with van der Waals surface area (Å²) in [6, 6.07) is 11.2. The van der Waals surface area contributed by atoms with Gasteiger partial charge < -0.3 is 5.32 Å². The molecule has 1 saturated heterocycles.